The number of amidine groups is 1. The molecule has 0 fully saturated rings. The molecule has 1 atom stereocenters. The van der Waals surface area contributed by atoms with Gasteiger partial charge < -0.3 is 5.11 Å². The first-order chi connectivity index (χ1) is 10.9. The number of aliphatic imine (C=N–C) groups is 2. The van der Waals surface area contributed by atoms with E-state index in [1.54, 1.807) is 19.1 Å². The molecule has 1 N–H and O–H groups in total. The maximum atomic E-state index is 11.2. The minimum atomic E-state index is -0.931. The topological polar surface area (TPSA) is 105 Å². The Labute approximate surface area is 133 Å². The second kappa shape index (κ2) is 6.68. The summed E-state index contributed by atoms with van der Waals surface area (Å²) >= 11 is 0. The van der Waals surface area contributed by atoms with Gasteiger partial charge in [0.25, 0.3) is 5.69 Å². The lowest BCUT2D eigenvalue weighted by molar-refractivity contribution is -0.384. The van der Waals surface area contributed by atoms with E-state index in [0.29, 0.717) is 23.5 Å². The summed E-state index contributed by atoms with van der Waals surface area (Å²) in [5.74, 6) is -0.566. The summed E-state index contributed by atoms with van der Waals surface area (Å²) in [6.45, 7) is 3.80. The van der Waals surface area contributed by atoms with Crippen LogP contribution >= 0.6 is 0 Å². The Morgan fingerprint density at radius 2 is 2.17 bits per heavy atom. The molecule has 7 heteroatoms. The number of unbranched alkanes of at least 4 members (excludes halogenated alkanes) is 1. The van der Waals surface area contributed by atoms with E-state index >= 15 is 0 Å². The normalized spacial score (nSPS) is 20.1. The van der Waals surface area contributed by atoms with Crippen LogP contribution in [-0.2, 0) is 4.79 Å². The highest BCUT2D eigenvalue weighted by Crippen LogP contribution is 2.32. The van der Waals surface area contributed by atoms with Crippen LogP contribution in [0.3, 0.4) is 0 Å². The van der Waals surface area contributed by atoms with Crippen LogP contribution in [-0.4, -0.2) is 33.1 Å². The number of benzene rings is 1. The van der Waals surface area contributed by atoms with E-state index in [-0.39, 0.29) is 12.1 Å². The van der Waals surface area contributed by atoms with Gasteiger partial charge in [-0.3, -0.25) is 19.9 Å². The van der Waals surface area contributed by atoms with Crippen LogP contribution < -0.4 is 0 Å². The lowest BCUT2D eigenvalue weighted by Crippen LogP contribution is -2.35. The van der Waals surface area contributed by atoms with Crippen molar-refractivity contribution in [1.29, 1.82) is 0 Å². The van der Waals surface area contributed by atoms with Crippen molar-refractivity contribution in [2.24, 2.45) is 9.98 Å². The molecule has 2 rings (SSSR count). The molecule has 0 amide bonds. The zero-order chi connectivity index (χ0) is 17.0. The molecule has 0 radical (unpaired) electrons. The number of hydrogen-bond acceptors (Lipinski definition) is 5. The fourth-order valence-corrected chi connectivity index (χ4v) is 2.67. The molecule has 1 unspecified atom stereocenters. The van der Waals surface area contributed by atoms with Crippen molar-refractivity contribution in [2.45, 2.75) is 45.1 Å². The first kappa shape index (κ1) is 16.8. The summed E-state index contributed by atoms with van der Waals surface area (Å²) < 4.78 is 0. The van der Waals surface area contributed by atoms with Gasteiger partial charge in [0.05, 0.1) is 11.3 Å². The maximum absolute atomic E-state index is 11.2. The molecule has 0 aliphatic carbocycles. The molecule has 23 heavy (non-hydrogen) atoms. The van der Waals surface area contributed by atoms with Crippen molar-refractivity contribution in [3.8, 4) is 0 Å². The van der Waals surface area contributed by atoms with E-state index in [4.69, 9.17) is 0 Å². The zero-order valence-electron chi connectivity index (χ0n) is 13.2. The highest BCUT2D eigenvalue weighted by atomic mass is 16.6. The van der Waals surface area contributed by atoms with E-state index in [0.717, 1.165) is 12.8 Å². The molecule has 0 saturated heterocycles. The van der Waals surface area contributed by atoms with E-state index in [1.807, 2.05) is 6.92 Å². The fourth-order valence-electron chi connectivity index (χ4n) is 2.67. The van der Waals surface area contributed by atoms with Crippen molar-refractivity contribution in [1.82, 2.24) is 0 Å². The Morgan fingerprint density at radius 1 is 1.43 bits per heavy atom. The van der Waals surface area contributed by atoms with Gasteiger partial charge in [-0.05, 0) is 13.3 Å². The molecule has 0 bridgehead atoms. The number of nitrogens with zero attached hydrogens (tertiary/aromatic N) is 3. The standard InChI is InChI=1S/C16H19N3O4/c1-3-4-8-16(10-14(20)21)11(2)17-15(18-16)12-6-5-7-13(9-12)19(22)23/h5-7,9H,3-4,8,10H2,1-2H3,(H,20,21). The fraction of sp³-hybridized carbons (Fsp3) is 0.438. The minimum Gasteiger partial charge on any atom is -0.481 e. The third kappa shape index (κ3) is 3.61. The third-order valence-electron chi connectivity index (χ3n) is 3.97. The molecule has 1 heterocycles. The van der Waals surface area contributed by atoms with Crippen LogP contribution in [0, 0.1) is 10.1 Å². The second-order valence-corrected chi connectivity index (χ2v) is 5.65. The largest absolute Gasteiger partial charge is 0.481 e. The van der Waals surface area contributed by atoms with Gasteiger partial charge in [-0.25, -0.2) is 4.99 Å². The summed E-state index contributed by atoms with van der Waals surface area (Å²) in [4.78, 5) is 30.6. The summed E-state index contributed by atoms with van der Waals surface area (Å²) in [5.41, 5.74) is 0.293. The molecule has 122 valence electrons. The van der Waals surface area contributed by atoms with Crippen molar-refractivity contribution in [3.05, 3.63) is 39.9 Å². The van der Waals surface area contributed by atoms with E-state index in [2.05, 4.69) is 9.98 Å². The van der Waals surface area contributed by atoms with Gasteiger partial charge in [-0.15, -0.1) is 0 Å². The Balaban J connectivity index is 2.42. The van der Waals surface area contributed by atoms with Crippen molar-refractivity contribution in [2.75, 3.05) is 0 Å². The van der Waals surface area contributed by atoms with E-state index in [1.165, 1.54) is 12.1 Å². The quantitative estimate of drug-likeness (QED) is 0.615. The summed E-state index contributed by atoms with van der Waals surface area (Å²) in [7, 11) is 0. The van der Waals surface area contributed by atoms with Crippen LogP contribution in [0.25, 0.3) is 0 Å². The van der Waals surface area contributed by atoms with Gasteiger partial charge in [0.1, 0.15) is 5.54 Å². The Bertz CT molecular complexity index is 696. The number of non-ortho nitro benzene ring substituents is 1. The van der Waals surface area contributed by atoms with Gasteiger partial charge >= 0.3 is 5.97 Å². The van der Waals surface area contributed by atoms with Gasteiger partial charge in [-0.1, -0.05) is 31.9 Å². The number of carboxylic acid groups (broad SMARTS) is 1. The predicted octanol–water partition coefficient (Wildman–Crippen LogP) is 3.22. The van der Waals surface area contributed by atoms with Crippen molar-refractivity contribution >= 4 is 23.2 Å². The predicted molar refractivity (Wildman–Crippen MR) is 87.3 cm³/mol. The SMILES string of the molecule is CCCCC1(CC(=O)O)N=C(c2cccc([N+](=O)[O-])c2)N=C1C. The molecule has 1 aromatic rings. The van der Waals surface area contributed by atoms with Gasteiger partial charge in [0.15, 0.2) is 5.84 Å². The van der Waals surface area contributed by atoms with Crippen LogP contribution in [0.5, 0.6) is 0 Å². The third-order valence-corrected chi connectivity index (χ3v) is 3.97. The van der Waals surface area contributed by atoms with Crippen molar-refractivity contribution in [3.63, 3.8) is 0 Å². The number of aliphatic carboxylic acids is 1. The lowest BCUT2D eigenvalue weighted by Gasteiger charge is -2.24. The van der Waals surface area contributed by atoms with Crippen LogP contribution in [0.2, 0.25) is 0 Å². The Hall–Kier alpha value is -2.57. The highest BCUT2D eigenvalue weighted by Gasteiger charge is 2.39. The average molecular weight is 317 g/mol. The number of carbonyl (C=O) groups is 1. The zero-order valence-corrected chi connectivity index (χ0v) is 13.2. The molecule has 1 aliphatic rings. The number of nitro groups is 1. The van der Waals surface area contributed by atoms with E-state index < -0.39 is 16.4 Å². The van der Waals surface area contributed by atoms with Gasteiger partial charge in [0, 0.05) is 23.4 Å². The van der Waals surface area contributed by atoms with Crippen molar-refractivity contribution < 1.29 is 14.8 Å². The molecule has 1 aromatic carbocycles. The first-order valence-corrected chi connectivity index (χ1v) is 7.50. The Morgan fingerprint density at radius 3 is 2.78 bits per heavy atom. The number of hydrogen-bond donors (Lipinski definition) is 1. The maximum Gasteiger partial charge on any atom is 0.306 e. The highest BCUT2D eigenvalue weighted by molar-refractivity contribution is 6.15. The molecule has 0 spiro atoms. The molecule has 0 saturated carbocycles. The van der Waals surface area contributed by atoms with Crippen LogP contribution in [0.15, 0.2) is 34.3 Å². The van der Waals surface area contributed by atoms with Crippen LogP contribution in [0.4, 0.5) is 5.69 Å². The molecule has 7 nitrogen and oxygen atoms in total. The monoisotopic (exact) mass is 317 g/mol. The van der Waals surface area contributed by atoms with Crippen LogP contribution in [0.1, 0.15) is 45.1 Å². The first-order valence-electron chi connectivity index (χ1n) is 7.50. The molecule has 1 aliphatic heterocycles. The summed E-state index contributed by atoms with van der Waals surface area (Å²) in [6.07, 6.45) is 2.24. The van der Waals surface area contributed by atoms with Gasteiger partial charge in [-0.2, -0.15) is 0 Å². The van der Waals surface area contributed by atoms with Gasteiger partial charge in [0.2, 0.25) is 0 Å². The number of carboxylic acids is 1. The Kier molecular flexibility index (Phi) is 4.88. The molecule has 0 aromatic heterocycles. The second-order valence-electron chi connectivity index (χ2n) is 5.65. The minimum absolute atomic E-state index is 0.0395. The molecular formula is C16H19N3O4. The summed E-state index contributed by atoms with van der Waals surface area (Å²) in [6, 6.07) is 6.08. The average Bonchev–Trinajstić information content (AvgIpc) is 2.82. The number of rotatable bonds is 7. The number of nitro benzene ring substituents is 1. The summed E-state index contributed by atoms with van der Waals surface area (Å²) in [5, 5.41) is 20.1. The lowest BCUT2D eigenvalue weighted by atomic mass is 9.86. The van der Waals surface area contributed by atoms with E-state index in [9.17, 15) is 20.0 Å². The molecular weight excluding hydrogens is 298 g/mol. The smallest absolute Gasteiger partial charge is 0.306 e.